The predicted molar refractivity (Wildman–Crippen MR) is 89.3 cm³/mol. The number of thiazole rings is 1. The van der Waals surface area contributed by atoms with Crippen molar-refractivity contribution >= 4 is 28.9 Å². The molecular weight excluding hydrogens is 312 g/mol. The van der Waals surface area contributed by atoms with Gasteiger partial charge >= 0.3 is 0 Å². The van der Waals surface area contributed by atoms with Gasteiger partial charge in [-0.1, -0.05) is 36.0 Å². The molecule has 22 heavy (non-hydrogen) atoms. The van der Waals surface area contributed by atoms with Crippen LogP contribution in [0.3, 0.4) is 0 Å². The second-order valence-electron chi connectivity index (χ2n) is 4.70. The molecule has 3 nitrogen and oxygen atoms in total. The van der Waals surface area contributed by atoms with Crippen LogP contribution in [-0.4, -0.2) is 15.8 Å². The van der Waals surface area contributed by atoms with Crippen LogP contribution in [0.1, 0.15) is 10.6 Å². The minimum Gasteiger partial charge on any atom is -0.299 e. The molecule has 0 spiro atoms. The fourth-order valence-corrected chi connectivity index (χ4v) is 3.60. The van der Waals surface area contributed by atoms with Crippen molar-refractivity contribution < 1.29 is 4.79 Å². The third kappa shape index (κ3) is 4.02. The molecule has 2 heterocycles. The second-order valence-corrected chi connectivity index (χ2v) is 6.74. The summed E-state index contributed by atoms with van der Waals surface area (Å²) in [7, 11) is 0. The summed E-state index contributed by atoms with van der Waals surface area (Å²) < 4.78 is 0. The van der Waals surface area contributed by atoms with E-state index in [2.05, 4.69) is 9.97 Å². The summed E-state index contributed by atoms with van der Waals surface area (Å²) >= 11 is 3.11. The van der Waals surface area contributed by atoms with Crippen molar-refractivity contribution in [3.05, 3.63) is 70.8 Å². The van der Waals surface area contributed by atoms with E-state index in [0.29, 0.717) is 12.8 Å². The lowest BCUT2D eigenvalue weighted by atomic mass is 10.1. The standard InChI is InChI=1S/C17H14N2OS2/c20-14(12-17-19-9-10-21-17)11-13-5-1-2-6-15(13)22-16-7-3-4-8-18-16/h1-10H,11-12H2. The molecular formula is C17H14N2OS2. The van der Waals surface area contributed by atoms with Crippen molar-refractivity contribution in [2.75, 3.05) is 0 Å². The van der Waals surface area contributed by atoms with Crippen LogP contribution >= 0.6 is 23.1 Å². The Bertz CT molecular complexity index is 742. The van der Waals surface area contributed by atoms with Gasteiger partial charge in [-0.2, -0.15) is 0 Å². The van der Waals surface area contributed by atoms with Crippen LogP contribution in [0.25, 0.3) is 0 Å². The van der Waals surface area contributed by atoms with Crippen LogP contribution in [0.5, 0.6) is 0 Å². The molecule has 0 bridgehead atoms. The normalized spacial score (nSPS) is 10.5. The lowest BCUT2D eigenvalue weighted by molar-refractivity contribution is -0.117. The van der Waals surface area contributed by atoms with Gasteiger partial charge < -0.3 is 0 Å². The molecule has 0 saturated heterocycles. The summed E-state index contributed by atoms with van der Waals surface area (Å²) in [5.74, 6) is 0.184. The second kappa shape index (κ2) is 7.33. The van der Waals surface area contributed by atoms with Crippen LogP contribution in [-0.2, 0) is 17.6 Å². The van der Waals surface area contributed by atoms with Gasteiger partial charge in [-0.05, 0) is 23.8 Å². The number of aromatic nitrogens is 2. The summed E-state index contributed by atoms with van der Waals surface area (Å²) in [5.41, 5.74) is 1.04. The van der Waals surface area contributed by atoms with Crippen LogP contribution in [0.2, 0.25) is 0 Å². The molecule has 3 rings (SSSR count). The number of carbonyl (C=O) groups excluding carboxylic acids is 1. The van der Waals surface area contributed by atoms with E-state index in [4.69, 9.17) is 0 Å². The zero-order chi connectivity index (χ0) is 15.2. The first kappa shape index (κ1) is 14.9. The monoisotopic (exact) mass is 326 g/mol. The Morgan fingerprint density at radius 2 is 1.86 bits per heavy atom. The zero-order valence-electron chi connectivity index (χ0n) is 11.8. The third-order valence-electron chi connectivity index (χ3n) is 3.04. The first-order valence-electron chi connectivity index (χ1n) is 6.88. The van der Waals surface area contributed by atoms with Crippen LogP contribution in [0.15, 0.2) is 70.2 Å². The number of Topliss-reactive ketones (excluding diaryl/α,β-unsaturated/α-hetero) is 1. The highest BCUT2D eigenvalue weighted by atomic mass is 32.2. The minimum absolute atomic E-state index is 0.184. The number of ketones is 1. The maximum atomic E-state index is 12.2. The van der Waals surface area contributed by atoms with E-state index in [1.165, 1.54) is 11.3 Å². The summed E-state index contributed by atoms with van der Waals surface area (Å²) in [6, 6.07) is 13.8. The Morgan fingerprint density at radius 1 is 1.00 bits per heavy atom. The molecule has 0 aliphatic heterocycles. The largest absolute Gasteiger partial charge is 0.299 e. The molecule has 110 valence electrons. The van der Waals surface area contributed by atoms with E-state index in [1.807, 2.05) is 47.8 Å². The quantitative estimate of drug-likeness (QED) is 0.685. The number of hydrogen-bond donors (Lipinski definition) is 0. The minimum atomic E-state index is 0.184. The van der Waals surface area contributed by atoms with Gasteiger partial charge in [0.15, 0.2) is 0 Å². The summed E-state index contributed by atoms with van der Waals surface area (Å²) in [5, 5.41) is 3.70. The van der Waals surface area contributed by atoms with E-state index < -0.39 is 0 Å². The maximum absolute atomic E-state index is 12.2. The number of nitrogens with zero attached hydrogens (tertiary/aromatic N) is 2. The lowest BCUT2D eigenvalue weighted by Gasteiger charge is -2.07. The van der Waals surface area contributed by atoms with Crippen molar-refractivity contribution in [3.63, 3.8) is 0 Å². The Morgan fingerprint density at radius 3 is 2.64 bits per heavy atom. The van der Waals surface area contributed by atoms with Crippen molar-refractivity contribution in [1.82, 2.24) is 9.97 Å². The topological polar surface area (TPSA) is 42.9 Å². The molecule has 1 aromatic carbocycles. The maximum Gasteiger partial charge on any atom is 0.144 e. The van der Waals surface area contributed by atoms with E-state index in [9.17, 15) is 4.79 Å². The Kier molecular flexibility index (Phi) is 4.98. The van der Waals surface area contributed by atoms with Crippen LogP contribution < -0.4 is 0 Å². The number of hydrogen-bond acceptors (Lipinski definition) is 5. The van der Waals surface area contributed by atoms with Gasteiger partial charge in [0.2, 0.25) is 0 Å². The van der Waals surface area contributed by atoms with E-state index in [0.717, 1.165) is 20.5 Å². The lowest BCUT2D eigenvalue weighted by Crippen LogP contribution is -2.07. The molecule has 0 atom stereocenters. The first-order chi connectivity index (χ1) is 10.8. The Balaban J connectivity index is 1.72. The van der Waals surface area contributed by atoms with Gasteiger partial charge in [0.1, 0.15) is 10.8 Å². The van der Waals surface area contributed by atoms with Crippen LogP contribution in [0, 0.1) is 0 Å². The molecule has 2 aromatic heterocycles. The molecule has 0 N–H and O–H groups in total. The molecule has 0 aliphatic rings. The van der Waals surface area contributed by atoms with Crippen molar-refractivity contribution in [1.29, 1.82) is 0 Å². The van der Waals surface area contributed by atoms with E-state index in [-0.39, 0.29) is 5.78 Å². The zero-order valence-corrected chi connectivity index (χ0v) is 13.4. The van der Waals surface area contributed by atoms with Gasteiger partial charge in [-0.15, -0.1) is 11.3 Å². The van der Waals surface area contributed by atoms with Gasteiger partial charge in [-0.25, -0.2) is 9.97 Å². The Labute approximate surface area is 137 Å². The third-order valence-corrected chi connectivity index (χ3v) is 4.89. The SMILES string of the molecule is O=C(Cc1nccs1)Cc1ccccc1Sc1ccccn1. The molecule has 0 unspecified atom stereocenters. The molecule has 5 heteroatoms. The number of benzene rings is 1. The first-order valence-corrected chi connectivity index (χ1v) is 8.58. The van der Waals surface area contributed by atoms with Crippen LogP contribution in [0.4, 0.5) is 0 Å². The van der Waals surface area contributed by atoms with Crippen molar-refractivity contribution in [2.45, 2.75) is 22.8 Å². The smallest absolute Gasteiger partial charge is 0.144 e. The van der Waals surface area contributed by atoms with Gasteiger partial charge in [0.25, 0.3) is 0 Å². The summed E-state index contributed by atoms with van der Waals surface area (Å²) in [6.07, 6.45) is 4.34. The molecule has 0 saturated carbocycles. The molecule has 0 aliphatic carbocycles. The average Bonchev–Trinajstić information content (AvgIpc) is 3.03. The van der Waals surface area contributed by atoms with E-state index >= 15 is 0 Å². The van der Waals surface area contributed by atoms with Crippen molar-refractivity contribution in [3.8, 4) is 0 Å². The molecule has 0 amide bonds. The average molecular weight is 326 g/mol. The highest BCUT2D eigenvalue weighted by Crippen LogP contribution is 2.29. The van der Waals surface area contributed by atoms with Crippen molar-refractivity contribution in [2.24, 2.45) is 0 Å². The predicted octanol–water partition coefficient (Wildman–Crippen LogP) is 4.04. The highest BCUT2D eigenvalue weighted by molar-refractivity contribution is 7.99. The number of pyridine rings is 1. The Hall–Kier alpha value is -1.98. The summed E-state index contributed by atoms with van der Waals surface area (Å²) in [4.78, 5) is 21.8. The number of rotatable bonds is 6. The fourth-order valence-electron chi connectivity index (χ4n) is 2.05. The molecule has 3 aromatic rings. The number of carbonyl (C=O) groups is 1. The van der Waals surface area contributed by atoms with Gasteiger partial charge in [-0.3, -0.25) is 4.79 Å². The highest BCUT2D eigenvalue weighted by Gasteiger charge is 2.11. The summed E-state index contributed by atoms with van der Waals surface area (Å²) in [6.45, 7) is 0. The van der Waals surface area contributed by atoms with E-state index in [1.54, 1.807) is 24.2 Å². The van der Waals surface area contributed by atoms with Gasteiger partial charge in [0, 0.05) is 29.1 Å². The molecule has 0 radical (unpaired) electrons. The molecule has 0 fully saturated rings. The van der Waals surface area contributed by atoms with Gasteiger partial charge in [0.05, 0.1) is 11.4 Å². The fraction of sp³-hybridized carbons (Fsp3) is 0.118.